The fourth-order valence-electron chi connectivity index (χ4n) is 3.33. The molecule has 1 amide bonds. The van der Waals surface area contributed by atoms with Gasteiger partial charge in [-0.1, -0.05) is 18.2 Å². The molecule has 0 aliphatic rings. The summed E-state index contributed by atoms with van der Waals surface area (Å²) in [6.07, 6.45) is 2.73. The van der Waals surface area contributed by atoms with Gasteiger partial charge in [-0.05, 0) is 36.2 Å². The lowest BCUT2D eigenvalue weighted by Gasteiger charge is -2.08. The lowest BCUT2D eigenvalue weighted by Crippen LogP contribution is -2.25. The Balaban J connectivity index is 1.42. The molecule has 0 fully saturated rings. The van der Waals surface area contributed by atoms with Crippen LogP contribution in [0, 0.1) is 0 Å². The molecule has 29 heavy (non-hydrogen) atoms. The number of amides is 1. The van der Waals surface area contributed by atoms with E-state index in [-0.39, 0.29) is 5.91 Å². The Kier molecular flexibility index (Phi) is 5.20. The number of rotatable bonds is 7. The van der Waals surface area contributed by atoms with Crippen LogP contribution in [0.3, 0.4) is 0 Å². The highest BCUT2D eigenvalue weighted by atomic mass is 16.5. The highest BCUT2D eigenvalue weighted by Gasteiger charge is 2.14. The highest BCUT2D eigenvalue weighted by Crippen LogP contribution is 2.32. The molecule has 2 aromatic carbocycles. The predicted octanol–water partition coefficient (Wildman–Crippen LogP) is 3.55. The Morgan fingerprint density at radius 1 is 1.10 bits per heavy atom. The van der Waals surface area contributed by atoms with Gasteiger partial charge in [0.1, 0.15) is 17.2 Å². The summed E-state index contributed by atoms with van der Waals surface area (Å²) in [4.78, 5) is 15.7. The SMILES string of the molecule is COc1ccc(-c2cc(C(=O)NCCc3c[nH]c4ccccc34)[nH]n2)c(OC)c1. The molecule has 0 atom stereocenters. The van der Waals surface area contributed by atoms with E-state index in [0.29, 0.717) is 29.4 Å². The van der Waals surface area contributed by atoms with Crippen molar-refractivity contribution in [1.29, 1.82) is 0 Å². The van der Waals surface area contributed by atoms with Crippen molar-refractivity contribution < 1.29 is 14.3 Å². The molecular formula is C22H22N4O3. The number of carbonyl (C=O) groups is 1. The molecule has 4 rings (SSSR count). The minimum absolute atomic E-state index is 0.198. The number of nitrogens with one attached hydrogen (secondary N) is 3. The van der Waals surface area contributed by atoms with Crippen LogP contribution < -0.4 is 14.8 Å². The van der Waals surface area contributed by atoms with Crippen LogP contribution in [0.5, 0.6) is 11.5 Å². The van der Waals surface area contributed by atoms with E-state index in [1.165, 1.54) is 10.9 Å². The van der Waals surface area contributed by atoms with Gasteiger partial charge in [-0.25, -0.2) is 0 Å². The smallest absolute Gasteiger partial charge is 0.269 e. The first-order chi connectivity index (χ1) is 14.2. The van der Waals surface area contributed by atoms with E-state index in [0.717, 1.165) is 17.5 Å². The van der Waals surface area contributed by atoms with Crippen molar-refractivity contribution in [3.05, 3.63) is 66.0 Å². The van der Waals surface area contributed by atoms with Crippen LogP contribution in [-0.2, 0) is 6.42 Å². The monoisotopic (exact) mass is 390 g/mol. The van der Waals surface area contributed by atoms with E-state index < -0.39 is 0 Å². The van der Waals surface area contributed by atoms with Crippen molar-refractivity contribution in [1.82, 2.24) is 20.5 Å². The van der Waals surface area contributed by atoms with Gasteiger partial charge in [0, 0.05) is 35.3 Å². The van der Waals surface area contributed by atoms with Crippen molar-refractivity contribution >= 4 is 16.8 Å². The summed E-state index contributed by atoms with van der Waals surface area (Å²) < 4.78 is 10.6. The second kappa shape index (κ2) is 8.10. The number of ether oxygens (including phenoxy) is 2. The van der Waals surface area contributed by atoms with Gasteiger partial charge in [0.2, 0.25) is 0 Å². The van der Waals surface area contributed by atoms with E-state index >= 15 is 0 Å². The molecule has 3 N–H and O–H groups in total. The molecule has 0 radical (unpaired) electrons. The van der Waals surface area contributed by atoms with Gasteiger partial charge in [-0.3, -0.25) is 9.89 Å². The van der Waals surface area contributed by atoms with Gasteiger partial charge in [0.25, 0.3) is 5.91 Å². The van der Waals surface area contributed by atoms with Crippen molar-refractivity contribution in [2.45, 2.75) is 6.42 Å². The molecule has 4 aromatic rings. The summed E-state index contributed by atoms with van der Waals surface area (Å²) >= 11 is 0. The van der Waals surface area contributed by atoms with Crippen molar-refractivity contribution in [2.24, 2.45) is 0 Å². The standard InChI is InChI=1S/C22H22N4O3/c1-28-15-7-8-17(21(11-15)29-2)19-12-20(26-25-19)22(27)23-10-9-14-13-24-18-6-4-3-5-16(14)18/h3-8,11-13,24H,9-10H2,1-2H3,(H,23,27)(H,25,26). The maximum absolute atomic E-state index is 12.5. The van der Waals surface area contributed by atoms with Crippen LogP contribution in [0.4, 0.5) is 0 Å². The van der Waals surface area contributed by atoms with Crippen molar-refractivity contribution in [2.75, 3.05) is 20.8 Å². The normalized spacial score (nSPS) is 10.8. The first kappa shape index (κ1) is 18.6. The number of fused-ring (bicyclic) bond motifs is 1. The Hall–Kier alpha value is -3.74. The first-order valence-electron chi connectivity index (χ1n) is 9.30. The number of aromatic amines is 2. The average Bonchev–Trinajstić information content (AvgIpc) is 3.41. The Morgan fingerprint density at radius 3 is 2.79 bits per heavy atom. The van der Waals surface area contributed by atoms with E-state index in [1.54, 1.807) is 26.4 Å². The largest absolute Gasteiger partial charge is 0.497 e. The molecule has 0 aliphatic heterocycles. The minimum atomic E-state index is -0.198. The number of methoxy groups -OCH3 is 2. The fourth-order valence-corrected chi connectivity index (χ4v) is 3.33. The van der Waals surface area contributed by atoms with Crippen molar-refractivity contribution in [3.63, 3.8) is 0 Å². The number of nitrogens with zero attached hydrogens (tertiary/aromatic N) is 1. The maximum atomic E-state index is 12.5. The fraction of sp³-hybridized carbons (Fsp3) is 0.182. The zero-order valence-corrected chi connectivity index (χ0v) is 16.3. The van der Waals surface area contributed by atoms with Crippen LogP contribution in [0.2, 0.25) is 0 Å². The van der Waals surface area contributed by atoms with Gasteiger partial charge in [-0.15, -0.1) is 0 Å². The van der Waals surface area contributed by atoms with E-state index in [9.17, 15) is 4.79 Å². The Morgan fingerprint density at radius 2 is 1.97 bits per heavy atom. The van der Waals surface area contributed by atoms with Crippen LogP contribution in [0.15, 0.2) is 54.7 Å². The number of carbonyl (C=O) groups excluding carboxylic acids is 1. The van der Waals surface area contributed by atoms with Crippen LogP contribution in [0.1, 0.15) is 16.1 Å². The van der Waals surface area contributed by atoms with Crippen LogP contribution in [0.25, 0.3) is 22.2 Å². The van der Waals surface area contributed by atoms with Crippen LogP contribution in [-0.4, -0.2) is 41.9 Å². The van der Waals surface area contributed by atoms with Gasteiger partial charge >= 0.3 is 0 Å². The Bertz CT molecular complexity index is 1150. The summed E-state index contributed by atoms with van der Waals surface area (Å²) in [5.74, 6) is 1.12. The molecule has 148 valence electrons. The second-order valence-corrected chi connectivity index (χ2v) is 6.60. The number of H-pyrrole nitrogens is 2. The highest BCUT2D eigenvalue weighted by molar-refractivity contribution is 5.93. The van der Waals surface area contributed by atoms with E-state index in [1.807, 2.05) is 36.5 Å². The molecule has 0 bridgehead atoms. The van der Waals surface area contributed by atoms with Gasteiger partial charge < -0.3 is 19.8 Å². The first-order valence-corrected chi connectivity index (χ1v) is 9.30. The maximum Gasteiger partial charge on any atom is 0.269 e. The molecule has 0 aliphatic carbocycles. The summed E-state index contributed by atoms with van der Waals surface area (Å²) in [6.45, 7) is 0.529. The predicted molar refractivity (Wildman–Crippen MR) is 111 cm³/mol. The second-order valence-electron chi connectivity index (χ2n) is 6.60. The lowest BCUT2D eigenvalue weighted by atomic mass is 10.1. The van der Waals surface area contributed by atoms with E-state index in [4.69, 9.17) is 9.47 Å². The van der Waals surface area contributed by atoms with Gasteiger partial charge in [-0.2, -0.15) is 5.10 Å². The third-order valence-corrected chi connectivity index (χ3v) is 4.86. The Labute approximate surface area is 168 Å². The summed E-state index contributed by atoms with van der Waals surface area (Å²) in [6, 6.07) is 15.3. The minimum Gasteiger partial charge on any atom is -0.497 e. The zero-order valence-electron chi connectivity index (χ0n) is 16.3. The molecule has 2 heterocycles. The summed E-state index contributed by atoms with van der Waals surface area (Å²) in [5, 5.41) is 11.2. The van der Waals surface area contributed by atoms with Crippen LogP contribution >= 0.6 is 0 Å². The molecule has 0 saturated carbocycles. The lowest BCUT2D eigenvalue weighted by molar-refractivity contribution is 0.0949. The summed E-state index contributed by atoms with van der Waals surface area (Å²) in [5.41, 5.74) is 4.08. The van der Waals surface area contributed by atoms with Crippen molar-refractivity contribution in [3.8, 4) is 22.8 Å². The molecule has 0 spiro atoms. The third-order valence-electron chi connectivity index (χ3n) is 4.86. The third kappa shape index (κ3) is 3.80. The number of hydrogen-bond acceptors (Lipinski definition) is 4. The van der Waals surface area contributed by atoms with Gasteiger partial charge in [0.05, 0.1) is 19.9 Å². The zero-order chi connectivity index (χ0) is 20.2. The summed E-state index contributed by atoms with van der Waals surface area (Å²) in [7, 11) is 3.19. The number of hydrogen-bond donors (Lipinski definition) is 3. The molecule has 0 unspecified atom stereocenters. The number of para-hydroxylation sites is 1. The molecule has 0 saturated heterocycles. The van der Waals surface area contributed by atoms with Gasteiger partial charge in [0.15, 0.2) is 0 Å². The van der Waals surface area contributed by atoms with E-state index in [2.05, 4.69) is 26.6 Å². The quantitative estimate of drug-likeness (QED) is 0.450. The molecule has 2 aromatic heterocycles. The number of aromatic nitrogens is 3. The number of benzene rings is 2. The average molecular weight is 390 g/mol. The topological polar surface area (TPSA) is 92.0 Å². The molecule has 7 heteroatoms. The molecule has 7 nitrogen and oxygen atoms in total. The molecular weight excluding hydrogens is 368 g/mol.